The van der Waals surface area contributed by atoms with Gasteiger partial charge in [0, 0.05) is 18.8 Å². The van der Waals surface area contributed by atoms with Gasteiger partial charge < -0.3 is 11.1 Å². The molecule has 0 atom stereocenters. The molecule has 4 heteroatoms. The number of carbonyl (C=O) groups is 1. The van der Waals surface area contributed by atoms with Gasteiger partial charge in [-0.1, -0.05) is 18.7 Å². The van der Waals surface area contributed by atoms with E-state index in [0.717, 1.165) is 23.1 Å². The van der Waals surface area contributed by atoms with Gasteiger partial charge in [-0.05, 0) is 53.8 Å². The average Bonchev–Trinajstić information content (AvgIpc) is 2.85. The normalized spacial score (nSPS) is 16.5. The number of rotatable bonds is 4. The Morgan fingerprint density at radius 3 is 2.95 bits per heavy atom. The summed E-state index contributed by atoms with van der Waals surface area (Å²) in [7, 11) is 0. The van der Waals surface area contributed by atoms with Gasteiger partial charge in [0.2, 0.25) is 5.91 Å². The van der Waals surface area contributed by atoms with E-state index in [-0.39, 0.29) is 5.91 Å². The molecule has 0 saturated heterocycles. The highest BCUT2D eigenvalue weighted by Gasteiger charge is 2.12. The summed E-state index contributed by atoms with van der Waals surface area (Å²) >= 11 is 0. The summed E-state index contributed by atoms with van der Waals surface area (Å²) in [4.78, 5) is 15.7. The van der Waals surface area contributed by atoms with Crippen molar-refractivity contribution in [3.8, 4) is 0 Å². The first-order valence-electron chi connectivity index (χ1n) is 6.80. The second kappa shape index (κ2) is 6.70. The van der Waals surface area contributed by atoms with Crippen LogP contribution in [-0.4, -0.2) is 17.4 Å². The Hall–Kier alpha value is -2.62. The minimum Gasteiger partial charge on any atom is -0.384 e. The van der Waals surface area contributed by atoms with Gasteiger partial charge in [0.05, 0.1) is 0 Å². The Bertz CT molecular complexity index is 637. The molecule has 4 nitrogen and oxygen atoms in total. The molecule has 0 bridgehead atoms. The Balaban J connectivity index is 1.86. The number of carbonyl (C=O) groups excluding carboxylic acids is 1. The molecule has 2 rings (SSSR count). The molecule has 1 heterocycles. The van der Waals surface area contributed by atoms with E-state index in [9.17, 15) is 4.79 Å². The summed E-state index contributed by atoms with van der Waals surface area (Å²) in [6.45, 7) is 6.53. The smallest absolute Gasteiger partial charge is 0.244 e. The maximum Gasteiger partial charge on any atom is 0.244 e. The zero-order valence-electron chi connectivity index (χ0n) is 12.1. The van der Waals surface area contributed by atoms with Crippen molar-refractivity contribution in [1.29, 1.82) is 0 Å². The topological polar surface area (TPSA) is 68.0 Å². The maximum absolute atomic E-state index is 11.8. The Kier molecular flexibility index (Phi) is 4.72. The third-order valence-corrected chi connectivity index (χ3v) is 3.25. The molecule has 0 radical (unpaired) electrons. The van der Waals surface area contributed by atoms with Crippen molar-refractivity contribution < 1.29 is 4.79 Å². The van der Waals surface area contributed by atoms with Gasteiger partial charge in [0.15, 0.2) is 0 Å². The summed E-state index contributed by atoms with van der Waals surface area (Å²) in [5, 5.41) is 2.86. The van der Waals surface area contributed by atoms with Crippen LogP contribution in [0.15, 0.2) is 59.9 Å². The summed E-state index contributed by atoms with van der Waals surface area (Å²) in [5.74, 6) is 0.331. The molecular formula is C17H19N3O. The molecule has 0 aromatic carbocycles. The van der Waals surface area contributed by atoms with Gasteiger partial charge in [-0.2, -0.15) is 0 Å². The van der Waals surface area contributed by atoms with E-state index in [0.29, 0.717) is 12.4 Å². The summed E-state index contributed by atoms with van der Waals surface area (Å²) in [6.07, 6.45) is 9.77. The fourth-order valence-corrected chi connectivity index (χ4v) is 2.10. The fourth-order valence-electron chi connectivity index (χ4n) is 2.10. The van der Waals surface area contributed by atoms with E-state index in [1.807, 2.05) is 19.1 Å². The molecule has 1 aliphatic carbocycles. The van der Waals surface area contributed by atoms with Crippen LogP contribution < -0.4 is 11.1 Å². The first-order valence-corrected chi connectivity index (χ1v) is 6.80. The van der Waals surface area contributed by atoms with Crippen LogP contribution in [0.3, 0.4) is 0 Å². The van der Waals surface area contributed by atoms with Gasteiger partial charge in [-0.3, -0.25) is 4.79 Å². The molecule has 1 aliphatic rings. The van der Waals surface area contributed by atoms with E-state index < -0.39 is 0 Å². The molecule has 0 unspecified atom stereocenters. The molecule has 0 saturated carbocycles. The molecule has 3 N–H and O–H groups in total. The van der Waals surface area contributed by atoms with Crippen LogP contribution in [-0.2, 0) is 4.79 Å². The van der Waals surface area contributed by atoms with Crippen molar-refractivity contribution in [2.24, 2.45) is 0 Å². The van der Waals surface area contributed by atoms with E-state index in [1.165, 1.54) is 11.6 Å². The lowest BCUT2D eigenvalue weighted by atomic mass is 10.1. The average molecular weight is 281 g/mol. The molecule has 0 spiro atoms. The number of nitrogen functional groups attached to an aromatic ring is 1. The van der Waals surface area contributed by atoms with Crippen molar-refractivity contribution in [3.63, 3.8) is 0 Å². The molecule has 1 aromatic heterocycles. The molecule has 0 fully saturated rings. The van der Waals surface area contributed by atoms with Crippen LogP contribution in [0, 0.1) is 0 Å². The quantitative estimate of drug-likeness (QED) is 0.834. The molecule has 0 aliphatic heterocycles. The van der Waals surface area contributed by atoms with Gasteiger partial charge >= 0.3 is 0 Å². The van der Waals surface area contributed by atoms with Crippen LogP contribution in [0.2, 0.25) is 0 Å². The van der Waals surface area contributed by atoms with Crippen molar-refractivity contribution in [2.75, 3.05) is 12.3 Å². The highest BCUT2D eigenvalue weighted by Crippen LogP contribution is 2.27. The van der Waals surface area contributed by atoms with Crippen LogP contribution in [0.1, 0.15) is 18.9 Å². The number of anilines is 1. The Morgan fingerprint density at radius 1 is 1.52 bits per heavy atom. The zero-order chi connectivity index (χ0) is 15.2. The Labute approximate surface area is 124 Å². The molecular weight excluding hydrogens is 262 g/mol. The minimum atomic E-state index is -0.132. The maximum atomic E-state index is 11.8. The largest absolute Gasteiger partial charge is 0.384 e. The number of nitrogens with two attached hydrogens (primary N) is 1. The fraction of sp³-hybridized carbons (Fsp3) is 0.176. The van der Waals surface area contributed by atoms with Crippen molar-refractivity contribution in [1.82, 2.24) is 10.3 Å². The number of allylic oxidation sites excluding steroid dienone is 4. The first-order chi connectivity index (χ1) is 10.1. The lowest BCUT2D eigenvalue weighted by Crippen LogP contribution is -2.23. The lowest BCUT2D eigenvalue weighted by Gasteiger charge is -2.02. The van der Waals surface area contributed by atoms with Gasteiger partial charge in [0.25, 0.3) is 0 Å². The molecule has 108 valence electrons. The highest BCUT2D eigenvalue weighted by atomic mass is 16.1. The third kappa shape index (κ3) is 4.18. The number of hydrogen-bond donors (Lipinski definition) is 2. The van der Waals surface area contributed by atoms with Crippen molar-refractivity contribution in [3.05, 3.63) is 65.4 Å². The predicted molar refractivity (Wildman–Crippen MR) is 86.3 cm³/mol. The van der Waals surface area contributed by atoms with Gasteiger partial charge in [0.1, 0.15) is 5.82 Å². The summed E-state index contributed by atoms with van der Waals surface area (Å²) in [5.41, 5.74) is 9.77. The van der Waals surface area contributed by atoms with Crippen LogP contribution in [0.25, 0.3) is 6.08 Å². The molecule has 21 heavy (non-hydrogen) atoms. The monoisotopic (exact) mass is 281 g/mol. The second-order valence-electron chi connectivity index (χ2n) is 4.89. The number of nitrogens with one attached hydrogen (secondary N) is 1. The summed E-state index contributed by atoms with van der Waals surface area (Å²) < 4.78 is 0. The number of pyridine rings is 1. The van der Waals surface area contributed by atoms with Gasteiger partial charge in [-0.25, -0.2) is 4.98 Å². The van der Waals surface area contributed by atoms with Crippen LogP contribution in [0.4, 0.5) is 5.82 Å². The van der Waals surface area contributed by atoms with Crippen LogP contribution >= 0.6 is 0 Å². The Morgan fingerprint density at radius 2 is 2.33 bits per heavy atom. The van der Waals surface area contributed by atoms with Crippen molar-refractivity contribution in [2.45, 2.75) is 13.3 Å². The lowest BCUT2D eigenvalue weighted by molar-refractivity contribution is -0.116. The van der Waals surface area contributed by atoms with E-state index in [2.05, 4.69) is 23.0 Å². The number of aromatic nitrogens is 1. The van der Waals surface area contributed by atoms with E-state index >= 15 is 0 Å². The van der Waals surface area contributed by atoms with Crippen molar-refractivity contribution >= 4 is 17.8 Å². The zero-order valence-corrected chi connectivity index (χ0v) is 12.1. The minimum absolute atomic E-state index is 0.132. The first kappa shape index (κ1) is 14.8. The predicted octanol–water partition coefficient (Wildman–Crippen LogP) is 2.63. The highest BCUT2D eigenvalue weighted by molar-refractivity contribution is 5.91. The number of amides is 1. The molecule has 1 amide bonds. The van der Waals surface area contributed by atoms with E-state index in [1.54, 1.807) is 18.3 Å². The summed E-state index contributed by atoms with van der Waals surface area (Å²) in [6, 6.07) is 3.51. The van der Waals surface area contributed by atoms with E-state index in [4.69, 9.17) is 5.73 Å². The van der Waals surface area contributed by atoms with Gasteiger partial charge in [-0.15, -0.1) is 0 Å². The third-order valence-electron chi connectivity index (χ3n) is 3.25. The molecule has 1 aromatic rings. The second-order valence-corrected chi connectivity index (χ2v) is 4.89. The van der Waals surface area contributed by atoms with Crippen LogP contribution in [0.5, 0.6) is 0 Å². The SMILES string of the molecule is C=C1CC(CNC(=O)/C=C/c2ccc(N)nc2)=C/C1=C/C. The number of hydrogen-bond acceptors (Lipinski definition) is 3. The number of nitrogens with zero attached hydrogens (tertiary/aromatic N) is 1. The standard InChI is InChI=1S/C17H19N3O/c1-3-15-9-14(8-12(15)2)11-20-17(21)7-5-13-4-6-16(18)19-10-13/h3-7,9-10H,2,8,11H2,1H3,(H2,18,19)(H,20,21)/b7-5+,15-3-.